The normalized spacial score (nSPS) is 16.0. The van der Waals surface area contributed by atoms with Crippen LogP contribution in [-0.4, -0.2) is 128 Å². The molecule has 2 amide bonds. The number of carbonyl (C=O) groups excluding carboxylic acids is 2. The molecule has 0 atom stereocenters. The van der Waals surface area contributed by atoms with Crippen LogP contribution in [0.5, 0.6) is 0 Å². The number of morpholine rings is 2. The van der Waals surface area contributed by atoms with Crippen LogP contribution in [0.1, 0.15) is 101 Å². The Hall–Kier alpha value is -6.48. The molecule has 0 saturated carbocycles. The SMILES string of the molecule is CC1(C)OB(c2cccc(N)c2CO[Si](C)(C)C(C)(C)C)OC1(C)C.Cn1cc(-c2cccc(N)c2CO[Si](C)(C)C(C)(C)C)cc(Nc2ccc(C(=O)N3CCOCC3)cn2)c1=O.Cn1cc(Br)cc(Nc2ccc(C(=O)N3CCOCC3)cn2)c1=O. The number of nitrogen functional groups attached to an aromatic ring is 2. The first-order chi connectivity index (χ1) is 41.1. The highest BCUT2D eigenvalue weighted by atomic mass is 79.9. The fourth-order valence-electron chi connectivity index (χ4n) is 9.03. The van der Waals surface area contributed by atoms with Crippen LogP contribution in [0, 0.1) is 0 Å². The molecule has 3 aliphatic heterocycles. The van der Waals surface area contributed by atoms with E-state index in [4.69, 9.17) is 39.1 Å². The molecule has 9 rings (SSSR count). The highest BCUT2D eigenvalue weighted by Gasteiger charge is 2.52. The van der Waals surface area contributed by atoms with Crippen molar-refractivity contribution in [2.45, 2.75) is 130 Å². The number of nitrogens with two attached hydrogens (primary N) is 2. The van der Waals surface area contributed by atoms with Gasteiger partial charge in [0.2, 0.25) is 0 Å². The Kier molecular flexibility index (Phi) is 22.1. The van der Waals surface area contributed by atoms with Crippen LogP contribution in [0.4, 0.5) is 34.4 Å². The number of halogens is 1. The molecule has 0 bridgehead atoms. The molecule has 3 aliphatic rings. The average molecular weight is 1310 g/mol. The van der Waals surface area contributed by atoms with Crippen molar-refractivity contribution in [3.05, 3.63) is 145 Å². The highest BCUT2D eigenvalue weighted by molar-refractivity contribution is 9.10. The Labute approximate surface area is 529 Å². The number of anilines is 6. The van der Waals surface area contributed by atoms with Gasteiger partial charge in [0, 0.05) is 92.0 Å². The van der Waals surface area contributed by atoms with E-state index in [1.165, 1.54) is 21.5 Å². The lowest BCUT2D eigenvalue weighted by molar-refractivity contribution is 0.00578. The zero-order valence-electron chi connectivity index (χ0n) is 54.2. The summed E-state index contributed by atoms with van der Waals surface area (Å²) >= 11 is 3.35. The number of carbonyl (C=O) groups is 2. The predicted octanol–water partition coefficient (Wildman–Crippen LogP) is 10.6. The maximum absolute atomic E-state index is 13.0. The van der Waals surface area contributed by atoms with Crippen molar-refractivity contribution in [2.24, 2.45) is 14.1 Å². The van der Waals surface area contributed by atoms with Crippen molar-refractivity contribution < 1.29 is 37.2 Å². The third kappa shape index (κ3) is 16.9. The number of nitrogens with zero attached hydrogens (tertiary/aromatic N) is 6. The number of rotatable bonds is 14. The Balaban J connectivity index is 0.000000197. The summed E-state index contributed by atoms with van der Waals surface area (Å²) in [7, 11) is -0.905. The summed E-state index contributed by atoms with van der Waals surface area (Å²) in [6.07, 6.45) is 6.53. The number of amides is 2. The van der Waals surface area contributed by atoms with Crippen molar-refractivity contribution in [1.82, 2.24) is 28.9 Å². The summed E-state index contributed by atoms with van der Waals surface area (Å²) in [4.78, 5) is 62.3. The summed E-state index contributed by atoms with van der Waals surface area (Å²) < 4.78 is 39.7. The van der Waals surface area contributed by atoms with E-state index in [1.807, 2.05) is 36.4 Å². The zero-order valence-corrected chi connectivity index (χ0v) is 57.8. The Morgan fingerprint density at radius 3 is 1.50 bits per heavy atom. The second-order valence-corrected chi connectivity index (χ2v) is 37.0. The standard InChI is InChI=1S/C29H39N5O4Si.C19H34BNO3Si.C16H17BrN4O3/c1-29(2,3)39(5,6)38-19-23-22(8-7-9-24(23)30)21-16-25(28(36)33(4)18-21)32-26-11-10-20(17-31-26)27(35)34-12-14-37-15-13-34;1-17(2,3)25(8,9)22-13-14-15(11-10-12-16(14)21)20-23-18(4,5)19(6,7)24-20;1-20-10-12(17)8-13(16(20)23)19-14-3-2-11(9-18-14)15(22)21-4-6-24-7-5-21/h7-11,16-18H,12-15,19,30H2,1-6H3,(H,31,32);10-12H,13,21H2,1-9H3;2-3,8-10H,4-7H2,1H3,(H,18,19). The predicted molar refractivity (Wildman–Crippen MR) is 360 cm³/mol. The minimum atomic E-state index is -2.00. The second kappa shape index (κ2) is 28.1. The maximum atomic E-state index is 13.0. The molecule has 88 heavy (non-hydrogen) atoms. The quantitative estimate of drug-likeness (QED) is 0.0585. The largest absolute Gasteiger partial charge is 0.495 e. The van der Waals surface area contributed by atoms with Gasteiger partial charge in [-0.2, -0.15) is 0 Å². The van der Waals surface area contributed by atoms with E-state index < -0.39 is 23.8 Å². The van der Waals surface area contributed by atoms with Gasteiger partial charge in [-0.15, -0.1) is 0 Å². The van der Waals surface area contributed by atoms with Crippen molar-refractivity contribution in [3.63, 3.8) is 0 Å². The van der Waals surface area contributed by atoms with E-state index in [2.05, 4.69) is 132 Å². The van der Waals surface area contributed by atoms with E-state index in [0.29, 0.717) is 106 Å². The molecule has 6 aromatic rings. The van der Waals surface area contributed by atoms with Crippen LogP contribution in [0.15, 0.2) is 112 Å². The number of aromatic nitrogens is 4. The maximum Gasteiger partial charge on any atom is 0.495 e. The molecule has 2 aromatic carbocycles. The number of pyridine rings is 4. The van der Waals surface area contributed by atoms with Gasteiger partial charge in [-0.1, -0.05) is 65.8 Å². The summed E-state index contributed by atoms with van der Waals surface area (Å²) in [5.74, 6) is 0.834. The fraction of sp³-hybridized carbons (Fsp3) is 0.469. The van der Waals surface area contributed by atoms with E-state index in [1.54, 1.807) is 72.7 Å². The molecule has 7 heterocycles. The van der Waals surface area contributed by atoms with Gasteiger partial charge in [-0.05, 0) is 145 Å². The zero-order chi connectivity index (χ0) is 64.7. The van der Waals surface area contributed by atoms with Gasteiger partial charge in [0.25, 0.3) is 22.9 Å². The first kappa shape index (κ1) is 69.0. The number of nitrogens with one attached hydrogen (secondary N) is 2. The van der Waals surface area contributed by atoms with Gasteiger partial charge >= 0.3 is 7.12 Å². The van der Waals surface area contributed by atoms with Crippen LogP contribution in [-0.2, 0) is 54.9 Å². The van der Waals surface area contributed by atoms with E-state index in [9.17, 15) is 19.2 Å². The summed E-state index contributed by atoms with van der Waals surface area (Å²) in [6.45, 7) is 35.9. The van der Waals surface area contributed by atoms with E-state index in [-0.39, 0.29) is 44.2 Å². The van der Waals surface area contributed by atoms with Gasteiger partial charge in [0.1, 0.15) is 23.0 Å². The lowest BCUT2D eigenvalue weighted by Crippen LogP contribution is -2.42. The van der Waals surface area contributed by atoms with Crippen molar-refractivity contribution in [2.75, 3.05) is 74.7 Å². The van der Waals surface area contributed by atoms with Crippen LogP contribution >= 0.6 is 15.9 Å². The summed E-state index contributed by atoms with van der Waals surface area (Å²) in [5.41, 5.74) is 19.4. The average Bonchev–Trinajstić information content (AvgIpc) is 2.12. The number of hydrogen-bond acceptors (Lipinski definition) is 16. The molecule has 0 aliphatic carbocycles. The van der Waals surface area contributed by atoms with Gasteiger partial charge in [0.15, 0.2) is 16.6 Å². The minimum Gasteiger partial charge on any atom is -0.412 e. The molecule has 3 fully saturated rings. The minimum absolute atomic E-state index is 0.0595. The third-order valence-corrected chi connectivity index (χ3v) is 26.9. The van der Waals surface area contributed by atoms with Gasteiger partial charge in [-0.25, -0.2) is 9.97 Å². The number of ether oxygens (including phenoxy) is 2. The molecule has 474 valence electrons. The Morgan fingerprint density at radius 2 is 1.06 bits per heavy atom. The highest BCUT2D eigenvalue weighted by Crippen LogP contribution is 2.41. The van der Waals surface area contributed by atoms with Crippen LogP contribution in [0.25, 0.3) is 11.1 Å². The van der Waals surface area contributed by atoms with Crippen molar-refractivity contribution in [3.8, 4) is 11.1 Å². The third-order valence-electron chi connectivity index (χ3n) is 17.5. The molecule has 0 spiro atoms. The Morgan fingerprint density at radius 1 is 0.636 bits per heavy atom. The summed E-state index contributed by atoms with van der Waals surface area (Å²) in [6, 6.07) is 22.0. The first-order valence-corrected chi connectivity index (χ1v) is 36.4. The topological polar surface area (TPSA) is 242 Å². The van der Waals surface area contributed by atoms with E-state index >= 15 is 0 Å². The van der Waals surface area contributed by atoms with Crippen molar-refractivity contribution >= 4 is 91.3 Å². The molecule has 24 heteroatoms. The van der Waals surface area contributed by atoms with Crippen LogP contribution in [0.3, 0.4) is 0 Å². The second-order valence-electron chi connectivity index (χ2n) is 26.4. The molecular formula is C64H90BBrN10O10Si2. The number of benzene rings is 2. The Bertz CT molecular complexity index is 3520. The van der Waals surface area contributed by atoms with Gasteiger partial charge in [0.05, 0.1) is 62.0 Å². The van der Waals surface area contributed by atoms with Gasteiger partial charge < -0.3 is 68.7 Å². The fourth-order valence-corrected chi connectivity index (χ4v) is 11.4. The molecule has 3 saturated heterocycles. The van der Waals surface area contributed by atoms with Crippen LogP contribution in [0.2, 0.25) is 36.3 Å². The monoisotopic (exact) mass is 1300 g/mol. The molecule has 6 N–H and O–H groups in total. The molecule has 0 radical (unpaired) electrons. The van der Waals surface area contributed by atoms with Crippen molar-refractivity contribution in [1.29, 1.82) is 0 Å². The van der Waals surface area contributed by atoms with Gasteiger partial charge in [-0.3, -0.25) is 19.2 Å². The number of hydrogen-bond donors (Lipinski definition) is 4. The smallest absolute Gasteiger partial charge is 0.412 e. The summed E-state index contributed by atoms with van der Waals surface area (Å²) in [5, 5.41) is 6.34. The van der Waals surface area contributed by atoms with E-state index in [0.717, 1.165) is 37.9 Å². The molecular weight excluding hydrogens is 1220 g/mol. The number of aryl methyl sites for hydroxylation is 2. The lowest BCUT2D eigenvalue weighted by Gasteiger charge is -2.36. The molecule has 20 nitrogen and oxygen atoms in total. The molecule has 0 unspecified atom stereocenters. The lowest BCUT2D eigenvalue weighted by atomic mass is 9.75. The molecule has 4 aromatic heterocycles. The van der Waals surface area contributed by atoms with Crippen LogP contribution < -0.4 is 38.7 Å². The first-order valence-electron chi connectivity index (χ1n) is 29.8.